The molecule has 5 aromatic rings. The second-order valence-electron chi connectivity index (χ2n) is 11.3. The highest BCUT2D eigenvalue weighted by Gasteiger charge is 2.24. The van der Waals surface area contributed by atoms with Gasteiger partial charge in [-0.3, -0.25) is 14.4 Å². The number of aryl methyl sites for hydroxylation is 2. The number of ether oxygens (including phenoxy) is 2. The van der Waals surface area contributed by atoms with Gasteiger partial charge in [0.25, 0.3) is 11.8 Å². The van der Waals surface area contributed by atoms with Crippen LogP contribution in [0.1, 0.15) is 44.8 Å². The first-order valence-electron chi connectivity index (χ1n) is 16.1. The van der Waals surface area contributed by atoms with Gasteiger partial charge < -0.3 is 25.4 Å². The van der Waals surface area contributed by atoms with Crippen LogP contribution in [0.25, 0.3) is 6.08 Å². The summed E-state index contributed by atoms with van der Waals surface area (Å²) < 4.78 is 11.0. The molecule has 0 aliphatic heterocycles. The lowest BCUT2D eigenvalue weighted by molar-refractivity contribution is -0.116. The minimum Gasteiger partial charge on any atom is -0.493 e. The van der Waals surface area contributed by atoms with Crippen LogP contribution in [-0.2, 0) is 16.0 Å². The van der Waals surface area contributed by atoms with Gasteiger partial charge >= 0.3 is 0 Å². The zero-order chi connectivity index (χ0) is 35.5. The van der Waals surface area contributed by atoms with Gasteiger partial charge in [0.15, 0.2) is 11.5 Å². The molecule has 0 aliphatic rings. The third-order valence-corrected chi connectivity index (χ3v) is 9.22. The fraction of sp³-hybridized carbons (Fsp3) is 0.146. The number of rotatable bonds is 13. The monoisotopic (exact) mass is 685 g/mol. The van der Waals surface area contributed by atoms with Crippen molar-refractivity contribution in [3.8, 4) is 11.5 Å². The molecule has 0 aromatic heterocycles. The highest BCUT2D eigenvalue weighted by atomic mass is 32.2. The van der Waals surface area contributed by atoms with Gasteiger partial charge in [0.05, 0.1) is 14.2 Å². The molecule has 0 radical (unpaired) electrons. The zero-order valence-electron chi connectivity index (χ0n) is 28.4. The van der Waals surface area contributed by atoms with E-state index in [1.807, 2.05) is 73.7 Å². The minimum atomic E-state index is -0.536. The molecule has 0 bridgehead atoms. The molecule has 0 spiro atoms. The first-order chi connectivity index (χ1) is 24.3. The van der Waals surface area contributed by atoms with Crippen molar-refractivity contribution in [2.24, 2.45) is 0 Å². The standard InChI is InChI=1S/C41H39N3O5S/c1-5-28-19-12-14-27(2)36(28)44-41(47)38(29-15-8-6-9-16-29)50-33-24-22-32(23-25-33)42-40(46)34(43-39(45)30-17-10-7-11-18-30)26-31-20-13-21-35(48-3)37(31)49-4/h6-26,38H,5H2,1-4H3,(H,42,46)(H,43,45)(H,44,47)/b34-26-. The van der Waals surface area contributed by atoms with Crippen LogP contribution >= 0.6 is 11.8 Å². The summed E-state index contributed by atoms with van der Waals surface area (Å²) >= 11 is 1.42. The van der Waals surface area contributed by atoms with Crippen LogP contribution in [0.15, 0.2) is 132 Å². The molecule has 9 heteroatoms. The molecule has 0 heterocycles. The van der Waals surface area contributed by atoms with Crippen molar-refractivity contribution >= 4 is 46.9 Å². The molecule has 0 fully saturated rings. The smallest absolute Gasteiger partial charge is 0.272 e. The molecule has 254 valence electrons. The van der Waals surface area contributed by atoms with Crippen molar-refractivity contribution < 1.29 is 23.9 Å². The molecular weight excluding hydrogens is 647 g/mol. The number of nitrogens with one attached hydrogen (secondary N) is 3. The summed E-state index contributed by atoms with van der Waals surface area (Å²) in [6, 6.07) is 36.8. The van der Waals surface area contributed by atoms with Gasteiger partial charge in [0, 0.05) is 27.4 Å². The maximum Gasteiger partial charge on any atom is 0.272 e. The maximum atomic E-state index is 13.8. The average Bonchev–Trinajstić information content (AvgIpc) is 3.15. The molecule has 5 aromatic carbocycles. The van der Waals surface area contributed by atoms with Crippen molar-refractivity contribution in [1.29, 1.82) is 0 Å². The number of methoxy groups -OCH3 is 2. The average molecular weight is 686 g/mol. The van der Waals surface area contributed by atoms with E-state index >= 15 is 0 Å². The summed E-state index contributed by atoms with van der Waals surface area (Å²) in [6.45, 7) is 4.06. The number of carbonyl (C=O) groups excluding carboxylic acids is 3. The van der Waals surface area contributed by atoms with Crippen molar-refractivity contribution in [1.82, 2.24) is 5.32 Å². The Morgan fingerprint density at radius 2 is 1.44 bits per heavy atom. The van der Waals surface area contributed by atoms with Crippen molar-refractivity contribution in [2.75, 3.05) is 24.9 Å². The summed E-state index contributed by atoms with van der Waals surface area (Å²) in [4.78, 5) is 41.5. The first-order valence-corrected chi connectivity index (χ1v) is 17.0. The Kier molecular flexibility index (Phi) is 12.1. The van der Waals surface area contributed by atoms with Gasteiger partial charge in [-0.25, -0.2) is 0 Å². The largest absolute Gasteiger partial charge is 0.493 e. The van der Waals surface area contributed by atoms with E-state index in [2.05, 4.69) is 22.9 Å². The molecule has 50 heavy (non-hydrogen) atoms. The topological polar surface area (TPSA) is 106 Å². The fourth-order valence-electron chi connectivity index (χ4n) is 5.37. The van der Waals surface area contributed by atoms with Crippen LogP contribution in [0.3, 0.4) is 0 Å². The Balaban J connectivity index is 1.38. The van der Waals surface area contributed by atoms with E-state index in [0.29, 0.717) is 28.3 Å². The molecule has 8 nitrogen and oxygen atoms in total. The van der Waals surface area contributed by atoms with Gasteiger partial charge in [-0.05, 0) is 78.6 Å². The van der Waals surface area contributed by atoms with Crippen LogP contribution < -0.4 is 25.4 Å². The predicted octanol–water partition coefficient (Wildman–Crippen LogP) is 8.46. The Hall–Kier alpha value is -5.80. The van der Waals surface area contributed by atoms with Gasteiger partial charge in [0.1, 0.15) is 10.9 Å². The molecule has 0 aliphatic carbocycles. The molecule has 0 saturated heterocycles. The molecule has 1 unspecified atom stereocenters. The SMILES string of the molecule is CCc1cccc(C)c1NC(=O)C(Sc1ccc(NC(=O)/C(=C/c2cccc(OC)c2OC)NC(=O)c2ccccc2)cc1)c1ccccc1. The quantitative estimate of drug-likeness (QED) is 0.0849. The third-order valence-electron chi connectivity index (χ3n) is 7.96. The van der Waals surface area contributed by atoms with E-state index in [4.69, 9.17) is 9.47 Å². The molecule has 3 amide bonds. The fourth-order valence-corrected chi connectivity index (χ4v) is 6.39. The number of anilines is 2. The summed E-state index contributed by atoms with van der Waals surface area (Å²) in [6.07, 6.45) is 2.34. The Morgan fingerprint density at radius 1 is 0.760 bits per heavy atom. The van der Waals surface area contributed by atoms with E-state index in [9.17, 15) is 14.4 Å². The molecule has 5 rings (SSSR count). The number of hydrogen-bond donors (Lipinski definition) is 3. The van der Waals surface area contributed by atoms with E-state index in [1.54, 1.807) is 60.7 Å². The van der Waals surface area contributed by atoms with Crippen molar-refractivity contribution in [3.63, 3.8) is 0 Å². The number of para-hydroxylation sites is 2. The van der Waals surface area contributed by atoms with Gasteiger partial charge in [-0.2, -0.15) is 0 Å². The zero-order valence-corrected chi connectivity index (χ0v) is 29.2. The van der Waals surface area contributed by atoms with Crippen LogP contribution in [0, 0.1) is 6.92 Å². The van der Waals surface area contributed by atoms with E-state index in [0.717, 1.165) is 33.7 Å². The lowest BCUT2D eigenvalue weighted by atomic mass is 10.1. The molecule has 1 atom stereocenters. The number of benzene rings is 5. The highest BCUT2D eigenvalue weighted by Crippen LogP contribution is 2.37. The second kappa shape index (κ2) is 17.0. The predicted molar refractivity (Wildman–Crippen MR) is 201 cm³/mol. The Bertz CT molecular complexity index is 1980. The second-order valence-corrected chi connectivity index (χ2v) is 12.5. The molecule has 0 saturated carbocycles. The van der Waals surface area contributed by atoms with Gasteiger partial charge in [-0.15, -0.1) is 11.8 Å². The highest BCUT2D eigenvalue weighted by molar-refractivity contribution is 8.00. The minimum absolute atomic E-state index is 0.00678. The van der Waals surface area contributed by atoms with Crippen LogP contribution in [0.5, 0.6) is 11.5 Å². The van der Waals surface area contributed by atoms with E-state index in [-0.39, 0.29) is 11.6 Å². The summed E-state index contributed by atoms with van der Waals surface area (Å²) in [7, 11) is 3.03. The first kappa shape index (κ1) is 35.5. The van der Waals surface area contributed by atoms with Crippen molar-refractivity contribution in [3.05, 3.63) is 155 Å². The van der Waals surface area contributed by atoms with Gasteiger partial charge in [-0.1, -0.05) is 85.8 Å². The summed E-state index contributed by atoms with van der Waals surface area (Å²) in [5, 5.41) is 8.31. The summed E-state index contributed by atoms with van der Waals surface area (Å²) in [5.74, 6) is -0.204. The number of carbonyl (C=O) groups is 3. The Morgan fingerprint density at radius 3 is 2.10 bits per heavy atom. The van der Waals surface area contributed by atoms with Crippen LogP contribution in [0.2, 0.25) is 0 Å². The number of thioether (sulfide) groups is 1. The molecule has 3 N–H and O–H groups in total. The Labute approximate surface area is 296 Å². The summed E-state index contributed by atoms with van der Waals surface area (Å²) in [5.41, 5.74) is 5.25. The van der Waals surface area contributed by atoms with Crippen LogP contribution in [0.4, 0.5) is 11.4 Å². The lowest BCUT2D eigenvalue weighted by Gasteiger charge is -2.20. The van der Waals surface area contributed by atoms with E-state index < -0.39 is 17.1 Å². The maximum absolute atomic E-state index is 13.8. The number of hydrogen-bond acceptors (Lipinski definition) is 6. The lowest BCUT2D eigenvalue weighted by Crippen LogP contribution is -2.30. The number of amides is 3. The van der Waals surface area contributed by atoms with E-state index in [1.165, 1.54) is 26.0 Å². The van der Waals surface area contributed by atoms with Crippen molar-refractivity contribution in [2.45, 2.75) is 30.4 Å². The van der Waals surface area contributed by atoms with Crippen LogP contribution in [-0.4, -0.2) is 31.9 Å². The normalized spacial score (nSPS) is 11.6. The third kappa shape index (κ3) is 8.80. The molecular formula is C41H39N3O5S. The van der Waals surface area contributed by atoms with Gasteiger partial charge in [0.2, 0.25) is 5.91 Å².